The van der Waals surface area contributed by atoms with E-state index in [9.17, 15) is 36.0 Å². The lowest BCUT2D eigenvalue weighted by atomic mass is 10.1. The van der Waals surface area contributed by atoms with Crippen molar-refractivity contribution in [1.82, 2.24) is 9.88 Å². The van der Waals surface area contributed by atoms with E-state index in [4.69, 9.17) is 0 Å². The number of hydrogen-bond donors (Lipinski definition) is 2. The molecule has 36 heavy (non-hydrogen) atoms. The summed E-state index contributed by atoms with van der Waals surface area (Å²) in [6.45, 7) is 2.58. The van der Waals surface area contributed by atoms with E-state index in [0.29, 0.717) is 5.56 Å². The Morgan fingerprint density at radius 1 is 1.03 bits per heavy atom. The first-order valence-electron chi connectivity index (χ1n) is 10.5. The fourth-order valence-corrected chi connectivity index (χ4v) is 4.08. The lowest BCUT2D eigenvalue weighted by molar-refractivity contribution is -0.137. The molecule has 0 atom stereocenters. The molecule has 0 unspecified atom stereocenters. The zero-order chi connectivity index (χ0) is 26.8. The van der Waals surface area contributed by atoms with Gasteiger partial charge in [0.1, 0.15) is 5.56 Å². The van der Waals surface area contributed by atoms with Crippen molar-refractivity contribution >= 4 is 27.3 Å². The van der Waals surface area contributed by atoms with Crippen LogP contribution in [0.4, 0.5) is 18.9 Å². The molecule has 3 rings (SSSR count). The molecule has 1 aromatic heterocycles. The van der Waals surface area contributed by atoms with Crippen LogP contribution in [-0.2, 0) is 27.4 Å². The average Bonchev–Trinajstić information content (AvgIpc) is 2.78. The lowest BCUT2D eigenvalue weighted by Gasteiger charge is -2.18. The highest BCUT2D eigenvalue weighted by molar-refractivity contribution is 7.90. The highest BCUT2D eigenvalue weighted by atomic mass is 32.2. The molecular formula is C24H22F3N3O5S. The van der Waals surface area contributed by atoms with Crippen molar-refractivity contribution in [2.24, 2.45) is 0 Å². The second-order valence-electron chi connectivity index (χ2n) is 8.03. The summed E-state index contributed by atoms with van der Waals surface area (Å²) in [7, 11) is -3.40. The minimum absolute atomic E-state index is 0.0603. The van der Waals surface area contributed by atoms with Gasteiger partial charge in [0.15, 0.2) is 9.84 Å². The Morgan fingerprint density at radius 2 is 1.67 bits per heavy atom. The fraction of sp³-hybridized carbons (Fsp3) is 0.208. The van der Waals surface area contributed by atoms with Crippen LogP contribution in [0.1, 0.15) is 34.1 Å². The van der Waals surface area contributed by atoms with Crippen molar-refractivity contribution in [3.8, 4) is 5.69 Å². The van der Waals surface area contributed by atoms with E-state index in [2.05, 4.69) is 10.6 Å². The Kier molecular flexibility index (Phi) is 7.39. The molecule has 0 fully saturated rings. The van der Waals surface area contributed by atoms with Crippen molar-refractivity contribution in [3.63, 3.8) is 0 Å². The van der Waals surface area contributed by atoms with Crippen molar-refractivity contribution in [1.29, 1.82) is 0 Å². The molecule has 2 N–H and O–H groups in total. The van der Waals surface area contributed by atoms with Gasteiger partial charge in [-0.15, -0.1) is 0 Å². The number of anilines is 1. The molecule has 0 aliphatic heterocycles. The first kappa shape index (κ1) is 26.7. The number of benzene rings is 2. The Labute approximate surface area is 204 Å². The molecule has 0 saturated heterocycles. The van der Waals surface area contributed by atoms with Gasteiger partial charge in [0.2, 0.25) is 5.91 Å². The molecule has 8 nitrogen and oxygen atoms in total. The lowest BCUT2D eigenvalue weighted by Crippen LogP contribution is -2.34. The van der Waals surface area contributed by atoms with E-state index in [1.165, 1.54) is 44.2 Å². The predicted octanol–water partition coefficient (Wildman–Crippen LogP) is 3.46. The first-order valence-corrected chi connectivity index (χ1v) is 12.4. The van der Waals surface area contributed by atoms with Gasteiger partial charge in [-0.2, -0.15) is 13.2 Å². The monoisotopic (exact) mass is 521 g/mol. The molecule has 1 heterocycles. The molecule has 3 aromatic rings. The highest BCUT2D eigenvalue weighted by Crippen LogP contribution is 2.30. The van der Waals surface area contributed by atoms with Crippen LogP contribution < -0.4 is 16.2 Å². The van der Waals surface area contributed by atoms with Gasteiger partial charge in [-0.05, 0) is 48.9 Å². The van der Waals surface area contributed by atoms with E-state index < -0.39 is 44.5 Å². The van der Waals surface area contributed by atoms with Gasteiger partial charge in [-0.25, -0.2) is 8.42 Å². The van der Waals surface area contributed by atoms with E-state index in [0.717, 1.165) is 35.1 Å². The summed E-state index contributed by atoms with van der Waals surface area (Å²) in [5, 5.41) is 5.02. The number of sulfone groups is 1. The van der Waals surface area contributed by atoms with E-state index in [1.807, 2.05) is 0 Å². The number of carbonyl (C=O) groups excluding carboxylic acids is 2. The zero-order valence-electron chi connectivity index (χ0n) is 19.4. The molecule has 0 saturated carbocycles. The summed E-state index contributed by atoms with van der Waals surface area (Å²) in [6, 6.07) is 10.9. The van der Waals surface area contributed by atoms with Crippen molar-refractivity contribution < 1.29 is 31.2 Å². The molecule has 2 aromatic carbocycles. The molecule has 190 valence electrons. The highest BCUT2D eigenvalue weighted by Gasteiger charge is 2.31. The normalized spacial score (nSPS) is 11.7. The molecule has 0 bridgehead atoms. The fourth-order valence-electron chi connectivity index (χ4n) is 3.45. The third-order valence-corrected chi connectivity index (χ3v) is 6.37. The first-order chi connectivity index (χ1) is 16.7. The second kappa shape index (κ2) is 9.97. The largest absolute Gasteiger partial charge is 0.416 e. The Balaban J connectivity index is 2.02. The van der Waals surface area contributed by atoms with Crippen molar-refractivity contribution in [3.05, 3.63) is 87.3 Å². The molecule has 2 amide bonds. The standard InChI is InChI=1S/C24H22F3N3O5S/c1-14-21(29-15(2)31)12-20(22(32)28-13-16-7-9-19(10-8-16)36(3,34)35)23(33)30(14)18-6-4-5-17(11-18)24(25,26)27/h4-12H,13H2,1-3H3,(H,28,32)(H,29,31). The summed E-state index contributed by atoms with van der Waals surface area (Å²) < 4.78 is 63.9. The van der Waals surface area contributed by atoms with Crippen LogP contribution in [0.25, 0.3) is 5.69 Å². The van der Waals surface area contributed by atoms with Gasteiger partial charge < -0.3 is 10.6 Å². The Morgan fingerprint density at radius 3 is 2.22 bits per heavy atom. The molecule has 0 spiro atoms. The van der Waals surface area contributed by atoms with Crippen molar-refractivity contribution in [2.75, 3.05) is 11.6 Å². The van der Waals surface area contributed by atoms with Gasteiger partial charge in [-0.1, -0.05) is 18.2 Å². The third-order valence-electron chi connectivity index (χ3n) is 5.24. The van der Waals surface area contributed by atoms with Gasteiger partial charge in [-0.3, -0.25) is 19.0 Å². The van der Waals surface area contributed by atoms with Crippen LogP contribution in [0, 0.1) is 6.92 Å². The summed E-state index contributed by atoms with van der Waals surface area (Å²) in [4.78, 5) is 37.9. The Bertz CT molecular complexity index is 1490. The number of aromatic nitrogens is 1. The SMILES string of the molecule is CC(=O)Nc1cc(C(=O)NCc2ccc(S(C)(=O)=O)cc2)c(=O)n(-c2cccc(C(F)(F)F)c2)c1C. The summed E-state index contributed by atoms with van der Waals surface area (Å²) >= 11 is 0. The van der Waals surface area contributed by atoms with E-state index in [1.54, 1.807) is 0 Å². The number of hydrogen-bond acceptors (Lipinski definition) is 5. The van der Waals surface area contributed by atoms with Crippen molar-refractivity contribution in [2.45, 2.75) is 31.5 Å². The summed E-state index contributed by atoms with van der Waals surface area (Å²) in [5.74, 6) is -1.34. The quantitative estimate of drug-likeness (QED) is 0.516. The number of carbonyl (C=O) groups is 2. The molecule has 0 aliphatic carbocycles. The van der Waals surface area contributed by atoms with Crippen LogP contribution in [0.3, 0.4) is 0 Å². The number of alkyl halides is 3. The number of amides is 2. The van der Waals surface area contributed by atoms with Crippen LogP contribution in [0.15, 0.2) is 64.3 Å². The minimum atomic E-state index is -4.66. The molecular weight excluding hydrogens is 499 g/mol. The maximum absolute atomic E-state index is 13.3. The zero-order valence-corrected chi connectivity index (χ0v) is 20.3. The smallest absolute Gasteiger partial charge is 0.348 e. The minimum Gasteiger partial charge on any atom is -0.348 e. The summed E-state index contributed by atoms with van der Waals surface area (Å²) in [5.41, 5.74) is -1.67. The number of halogens is 3. The van der Waals surface area contributed by atoms with Crippen LogP contribution in [0.5, 0.6) is 0 Å². The third kappa shape index (κ3) is 6.00. The molecule has 0 aliphatic rings. The average molecular weight is 522 g/mol. The van der Waals surface area contributed by atoms with Gasteiger partial charge >= 0.3 is 6.18 Å². The topological polar surface area (TPSA) is 114 Å². The predicted molar refractivity (Wildman–Crippen MR) is 127 cm³/mol. The summed E-state index contributed by atoms with van der Waals surface area (Å²) in [6.07, 6.45) is -3.60. The maximum Gasteiger partial charge on any atom is 0.416 e. The number of nitrogens with zero attached hydrogens (tertiary/aromatic N) is 1. The number of pyridine rings is 1. The van der Waals surface area contributed by atoms with Crippen LogP contribution in [0.2, 0.25) is 0 Å². The van der Waals surface area contributed by atoms with Crippen LogP contribution >= 0.6 is 0 Å². The second-order valence-corrected chi connectivity index (χ2v) is 10.0. The van der Waals surface area contributed by atoms with E-state index >= 15 is 0 Å². The number of rotatable bonds is 6. The van der Waals surface area contributed by atoms with Gasteiger partial charge in [0.25, 0.3) is 11.5 Å². The number of nitrogens with one attached hydrogen (secondary N) is 2. The van der Waals surface area contributed by atoms with Gasteiger partial charge in [0, 0.05) is 31.1 Å². The Hall–Kier alpha value is -3.93. The van der Waals surface area contributed by atoms with Crippen LogP contribution in [-0.4, -0.2) is 31.1 Å². The van der Waals surface area contributed by atoms with E-state index in [-0.39, 0.29) is 28.5 Å². The molecule has 12 heteroatoms. The van der Waals surface area contributed by atoms with Gasteiger partial charge in [0.05, 0.1) is 16.1 Å². The molecule has 0 radical (unpaired) electrons. The maximum atomic E-state index is 13.3.